The lowest BCUT2D eigenvalue weighted by Gasteiger charge is -2.13. The molecule has 1 aliphatic carbocycles. The summed E-state index contributed by atoms with van der Waals surface area (Å²) >= 11 is 5.98. The molecule has 2 aromatic carbocycles. The molecule has 25 heavy (non-hydrogen) atoms. The molecule has 0 saturated carbocycles. The fourth-order valence-electron chi connectivity index (χ4n) is 2.26. The van der Waals surface area contributed by atoms with Crippen molar-refractivity contribution in [3.8, 4) is 11.5 Å². The second-order valence-electron chi connectivity index (χ2n) is 5.32. The zero-order valence-corrected chi connectivity index (χ0v) is 13.7. The van der Waals surface area contributed by atoms with Crippen molar-refractivity contribution in [2.75, 3.05) is 0 Å². The largest absolute Gasteiger partial charge is 0.457 e. The average molecular weight is 358 g/mol. The van der Waals surface area contributed by atoms with Crippen LogP contribution in [0, 0.1) is 5.82 Å². The highest BCUT2D eigenvalue weighted by Crippen LogP contribution is 2.28. The Morgan fingerprint density at radius 1 is 1.16 bits per heavy atom. The first-order valence-corrected chi connectivity index (χ1v) is 7.84. The fourth-order valence-corrected chi connectivity index (χ4v) is 2.43. The number of ether oxygens (including phenoxy) is 1. The van der Waals surface area contributed by atoms with Gasteiger partial charge in [-0.2, -0.15) is 0 Å². The molecule has 0 aliphatic heterocycles. The van der Waals surface area contributed by atoms with Crippen molar-refractivity contribution in [3.63, 3.8) is 0 Å². The summed E-state index contributed by atoms with van der Waals surface area (Å²) in [5, 5.41) is 3.01. The minimum Gasteiger partial charge on any atom is -0.457 e. The number of hydrogen-bond acceptors (Lipinski definition) is 3. The van der Waals surface area contributed by atoms with E-state index in [1.807, 2.05) is 0 Å². The van der Waals surface area contributed by atoms with Crippen molar-refractivity contribution in [1.29, 1.82) is 0 Å². The Morgan fingerprint density at radius 3 is 2.64 bits per heavy atom. The third-order valence-electron chi connectivity index (χ3n) is 3.42. The second kappa shape index (κ2) is 7.32. The lowest BCUT2D eigenvalue weighted by atomic mass is 10.1. The summed E-state index contributed by atoms with van der Waals surface area (Å²) < 4.78 is 18.7. The third-order valence-corrected chi connectivity index (χ3v) is 3.65. The lowest BCUT2D eigenvalue weighted by Crippen LogP contribution is -2.24. The van der Waals surface area contributed by atoms with Gasteiger partial charge in [-0.1, -0.05) is 17.7 Å². The molecule has 0 saturated heterocycles. The number of carbonyl (C=O) groups excluding carboxylic acids is 2. The summed E-state index contributed by atoms with van der Waals surface area (Å²) in [5.41, 5.74) is 0.595. The molecule has 126 valence electrons. The number of amides is 1. The minimum absolute atomic E-state index is 0.0910. The number of carbonyl (C=O) groups is 2. The average Bonchev–Trinajstić information content (AvgIpc) is 2.58. The van der Waals surface area contributed by atoms with Crippen molar-refractivity contribution in [2.24, 2.45) is 0 Å². The normalized spacial score (nSPS) is 13.4. The van der Waals surface area contributed by atoms with Gasteiger partial charge in [0.05, 0.1) is 5.56 Å². The van der Waals surface area contributed by atoms with Crippen molar-refractivity contribution < 1.29 is 18.7 Å². The van der Waals surface area contributed by atoms with E-state index < -0.39 is 5.91 Å². The first kappa shape index (κ1) is 16.9. The lowest BCUT2D eigenvalue weighted by molar-refractivity contribution is -0.113. The maximum absolute atomic E-state index is 13.0. The highest BCUT2D eigenvalue weighted by Gasteiger charge is 2.16. The number of hydrogen-bond donors (Lipinski definition) is 1. The number of nitrogens with one attached hydrogen (secondary N) is 1. The van der Waals surface area contributed by atoms with Gasteiger partial charge in [-0.3, -0.25) is 9.59 Å². The Kier molecular flexibility index (Phi) is 4.95. The van der Waals surface area contributed by atoms with Gasteiger partial charge in [0.2, 0.25) is 0 Å². The van der Waals surface area contributed by atoms with Crippen LogP contribution in [0.1, 0.15) is 16.8 Å². The standard InChI is InChI=1S/C19H13ClFNO3/c20-12-4-9-18(25-16-7-5-13(21)6-8-16)17(10-12)19(24)22-14-2-1-3-15(23)11-14/h1-2,4-11H,3H2,(H,22,24). The zero-order chi connectivity index (χ0) is 17.8. The summed E-state index contributed by atoms with van der Waals surface area (Å²) in [7, 11) is 0. The molecule has 0 fully saturated rings. The fraction of sp³-hybridized carbons (Fsp3) is 0.0526. The monoisotopic (exact) mass is 357 g/mol. The SMILES string of the molecule is O=C1C=C(NC(=O)c2cc(Cl)ccc2Oc2ccc(F)cc2)C=CC1. The van der Waals surface area contributed by atoms with Crippen LogP contribution >= 0.6 is 11.6 Å². The van der Waals surface area contributed by atoms with Gasteiger partial charge in [-0.05, 0) is 48.5 Å². The van der Waals surface area contributed by atoms with Gasteiger partial charge in [-0.25, -0.2) is 4.39 Å². The molecule has 0 heterocycles. The molecule has 1 N–H and O–H groups in total. The Hall–Kier alpha value is -2.92. The quantitative estimate of drug-likeness (QED) is 0.881. The highest BCUT2D eigenvalue weighted by atomic mass is 35.5. The van der Waals surface area contributed by atoms with Gasteiger partial charge >= 0.3 is 0 Å². The first-order valence-electron chi connectivity index (χ1n) is 7.47. The molecule has 0 aromatic heterocycles. The van der Waals surface area contributed by atoms with Gasteiger partial charge in [0, 0.05) is 23.2 Å². The summed E-state index contributed by atoms with van der Waals surface area (Å²) in [6.07, 6.45) is 5.01. The molecule has 0 bridgehead atoms. The van der Waals surface area contributed by atoms with Crippen LogP contribution in [-0.2, 0) is 4.79 Å². The number of halogens is 2. The minimum atomic E-state index is -0.467. The summed E-state index contributed by atoms with van der Waals surface area (Å²) in [5.74, 6) is -0.302. The van der Waals surface area contributed by atoms with Gasteiger partial charge in [0.1, 0.15) is 17.3 Å². The van der Waals surface area contributed by atoms with Crippen molar-refractivity contribution in [2.45, 2.75) is 6.42 Å². The Labute approximate surface area is 148 Å². The van der Waals surface area contributed by atoms with E-state index in [1.54, 1.807) is 24.3 Å². The Bertz CT molecular complexity index is 888. The van der Waals surface area contributed by atoms with Crippen LogP contribution in [0.25, 0.3) is 0 Å². The smallest absolute Gasteiger partial charge is 0.259 e. The maximum atomic E-state index is 13.0. The van der Waals surface area contributed by atoms with Crippen LogP contribution in [0.3, 0.4) is 0 Å². The first-order chi connectivity index (χ1) is 12.0. The van der Waals surface area contributed by atoms with Gasteiger partial charge in [0.25, 0.3) is 5.91 Å². The number of allylic oxidation sites excluding steroid dienone is 3. The van der Waals surface area contributed by atoms with Crippen LogP contribution in [0.4, 0.5) is 4.39 Å². The number of ketones is 1. The predicted octanol–water partition coefficient (Wildman–Crippen LogP) is 4.41. The van der Waals surface area contributed by atoms with Crippen LogP contribution in [0.2, 0.25) is 5.02 Å². The summed E-state index contributed by atoms with van der Waals surface area (Å²) in [6.45, 7) is 0. The van der Waals surface area contributed by atoms with E-state index in [4.69, 9.17) is 16.3 Å². The molecule has 4 nitrogen and oxygen atoms in total. The number of benzene rings is 2. The number of rotatable bonds is 4. The van der Waals surface area contributed by atoms with Crippen LogP contribution in [0.5, 0.6) is 11.5 Å². The van der Waals surface area contributed by atoms with Crippen LogP contribution in [0.15, 0.2) is 66.4 Å². The molecule has 0 atom stereocenters. The Morgan fingerprint density at radius 2 is 1.92 bits per heavy atom. The molecule has 0 radical (unpaired) electrons. The molecule has 2 aromatic rings. The highest BCUT2D eigenvalue weighted by molar-refractivity contribution is 6.31. The molecule has 0 unspecified atom stereocenters. The summed E-state index contributed by atoms with van der Waals surface area (Å²) in [4.78, 5) is 24.0. The van der Waals surface area contributed by atoms with Crippen molar-refractivity contribution >= 4 is 23.3 Å². The molecule has 1 aliphatic rings. The van der Waals surface area contributed by atoms with E-state index in [1.165, 1.54) is 36.4 Å². The van der Waals surface area contributed by atoms with E-state index in [2.05, 4.69) is 5.32 Å². The molecule has 3 rings (SSSR count). The zero-order valence-electron chi connectivity index (χ0n) is 13.0. The van der Waals surface area contributed by atoms with E-state index in [0.29, 0.717) is 22.9 Å². The van der Waals surface area contributed by atoms with Gasteiger partial charge in [-0.15, -0.1) is 0 Å². The van der Waals surface area contributed by atoms with Crippen molar-refractivity contribution in [3.05, 3.63) is 82.8 Å². The van der Waals surface area contributed by atoms with E-state index >= 15 is 0 Å². The Balaban J connectivity index is 1.85. The van der Waals surface area contributed by atoms with Crippen LogP contribution in [-0.4, -0.2) is 11.7 Å². The third kappa shape index (κ3) is 4.33. The predicted molar refractivity (Wildman–Crippen MR) is 92.2 cm³/mol. The summed E-state index contributed by atoms with van der Waals surface area (Å²) in [6, 6.07) is 10.0. The van der Waals surface area contributed by atoms with Gasteiger partial charge in [0.15, 0.2) is 5.78 Å². The maximum Gasteiger partial charge on any atom is 0.259 e. The second-order valence-corrected chi connectivity index (χ2v) is 5.76. The van der Waals surface area contributed by atoms with Gasteiger partial charge < -0.3 is 10.1 Å². The molecule has 1 amide bonds. The van der Waals surface area contributed by atoms with E-state index in [-0.39, 0.29) is 22.9 Å². The molecular weight excluding hydrogens is 345 g/mol. The topological polar surface area (TPSA) is 55.4 Å². The van der Waals surface area contributed by atoms with E-state index in [0.717, 1.165) is 0 Å². The van der Waals surface area contributed by atoms with Crippen LogP contribution < -0.4 is 10.1 Å². The molecule has 6 heteroatoms. The van der Waals surface area contributed by atoms with Crippen molar-refractivity contribution in [1.82, 2.24) is 5.32 Å². The van der Waals surface area contributed by atoms with E-state index in [9.17, 15) is 14.0 Å². The molecular formula is C19H13ClFNO3. The molecule has 0 spiro atoms.